The highest BCUT2D eigenvalue weighted by atomic mass is 35.5. The number of ether oxygens (including phenoxy) is 1. The highest BCUT2D eigenvalue weighted by Gasteiger charge is 2.31. The Balaban J connectivity index is 1.62. The van der Waals surface area contributed by atoms with Gasteiger partial charge in [0.25, 0.3) is 0 Å². The lowest BCUT2D eigenvalue weighted by Crippen LogP contribution is -2.16. The van der Waals surface area contributed by atoms with Crippen molar-refractivity contribution in [2.45, 2.75) is 31.3 Å². The van der Waals surface area contributed by atoms with Crippen molar-refractivity contribution in [1.29, 1.82) is 0 Å². The first-order valence-corrected chi connectivity index (χ1v) is 10.8. The molecule has 0 radical (unpaired) electrons. The molecule has 1 atom stereocenters. The van der Waals surface area contributed by atoms with Crippen molar-refractivity contribution < 1.29 is 22.7 Å². The van der Waals surface area contributed by atoms with Crippen LogP contribution in [0.3, 0.4) is 0 Å². The normalized spacial score (nSPS) is 12.5. The number of carbonyl (C=O) groups is 1. The number of anilines is 1. The zero-order valence-corrected chi connectivity index (χ0v) is 19.0. The molecule has 0 fully saturated rings. The third-order valence-electron chi connectivity index (χ3n) is 4.43. The summed E-state index contributed by atoms with van der Waals surface area (Å²) in [6.45, 7) is 3.80. The van der Waals surface area contributed by atoms with Gasteiger partial charge in [0.05, 0.1) is 22.0 Å². The summed E-state index contributed by atoms with van der Waals surface area (Å²) in [5.41, 5.74) is 0.0621. The first-order chi connectivity index (χ1) is 15.0. The van der Waals surface area contributed by atoms with E-state index < -0.39 is 17.6 Å². The van der Waals surface area contributed by atoms with E-state index in [0.29, 0.717) is 16.7 Å². The summed E-state index contributed by atoms with van der Waals surface area (Å²) in [7, 11) is 1.75. The minimum Gasteiger partial charge on any atom is -0.483 e. The first kappa shape index (κ1) is 23.9. The second kappa shape index (κ2) is 9.83. The smallest absolute Gasteiger partial charge is 0.416 e. The van der Waals surface area contributed by atoms with E-state index in [2.05, 4.69) is 15.5 Å². The summed E-state index contributed by atoms with van der Waals surface area (Å²) < 4.78 is 46.3. The summed E-state index contributed by atoms with van der Waals surface area (Å²) in [6.07, 6.45) is -4.92. The first-order valence-electron chi connectivity index (χ1n) is 9.46. The Kier molecular flexibility index (Phi) is 7.35. The van der Waals surface area contributed by atoms with Crippen molar-refractivity contribution in [2.75, 3.05) is 11.1 Å². The Hall–Kier alpha value is -2.72. The second-order valence-electron chi connectivity index (χ2n) is 7.01. The van der Waals surface area contributed by atoms with E-state index in [9.17, 15) is 18.0 Å². The number of thioether (sulfide) groups is 1. The molecule has 0 spiro atoms. The van der Waals surface area contributed by atoms with Crippen LogP contribution in [0, 0.1) is 6.92 Å². The molecule has 0 saturated carbocycles. The molecule has 0 aliphatic heterocycles. The Morgan fingerprint density at radius 3 is 2.69 bits per heavy atom. The van der Waals surface area contributed by atoms with Crippen molar-refractivity contribution in [3.05, 3.63) is 64.4 Å². The molecule has 32 heavy (non-hydrogen) atoms. The summed E-state index contributed by atoms with van der Waals surface area (Å²) in [4.78, 5) is 12.3. The van der Waals surface area contributed by atoms with E-state index in [1.165, 1.54) is 0 Å². The van der Waals surface area contributed by atoms with E-state index in [0.717, 1.165) is 35.5 Å². The van der Waals surface area contributed by atoms with Crippen LogP contribution in [0.1, 0.15) is 30.0 Å². The number of carbonyl (C=O) groups excluding carboxylic acids is 1. The Bertz CT molecular complexity index is 1120. The summed E-state index contributed by atoms with van der Waals surface area (Å²) >= 11 is 7.01. The van der Waals surface area contributed by atoms with Crippen LogP contribution in [0.4, 0.5) is 18.9 Å². The van der Waals surface area contributed by atoms with Crippen LogP contribution in [0.25, 0.3) is 0 Å². The topological polar surface area (TPSA) is 69.0 Å². The number of amides is 1. The maximum Gasteiger partial charge on any atom is 0.416 e. The number of alkyl halides is 3. The molecule has 0 aliphatic carbocycles. The van der Waals surface area contributed by atoms with E-state index in [1.807, 2.05) is 38.1 Å². The van der Waals surface area contributed by atoms with Crippen molar-refractivity contribution in [3.63, 3.8) is 0 Å². The number of aromatic nitrogens is 3. The maximum atomic E-state index is 12.9. The number of hydrogen-bond donors (Lipinski definition) is 1. The number of aryl methyl sites for hydroxylation is 1. The highest BCUT2D eigenvalue weighted by Crippen LogP contribution is 2.34. The number of hydrogen-bond acceptors (Lipinski definition) is 5. The number of rotatable bonds is 7. The van der Waals surface area contributed by atoms with Gasteiger partial charge in [-0.25, -0.2) is 0 Å². The highest BCUT2D eigenvalue weighted by molar-refractivity contribution is 7.99. The largest absolute Gasteiger partial charge is 0.483 e. The van der Waals surface area contributed by atoms with E-state index in [-0.39, 0.29) is 22.6 Å². The average Bonchev–Trinajstić information content (AvgIpc) is 3.08. The van der Waals surface area contributed by atoms with Gasteiger partial charge in [-0.1, -0.05) is 35.5 Å². The SMILES string of the molecule is Cc1cccc(OC(C)c2nnc(SCC(=O)Nc3cc(C(F)(F)F)ccc3Cl)n2C)c1. The minimum absolute atomic E-state index is 0.0133. The van der Waals surface area contributed by atoms with Crippen LogP contribution in [0.5, 0.6) is 5.75 Å². The predicted octanol–water partition coefficient (Wildman–Crippen LogP) is 5.67. The number of halogens is 4. The van der Waals surface area contributed by atoms with Crippen molar-refractivity contribution in [1.82, 2.24) is 14.8 Å². The number of nitrogens with one attached hydrogen (secondary N) is 1. The van der Waals surface area contributed by atoms with Gasteiger partial charge in [-0.05, 0) is 49.7 Å². The Morgan fingerprint density at radius 1 is 1.25 bits per heavy atom. The molecule has 6 nitrogen and oxygen atoms in total. The third kappa shape index (κ3) is 5.95. The average molecular weight is 485 g/mol. The van der Waals surface area contributed by atoms with Crippen LogP contribution < -0.4 is 10.1 Å². The fourth-order valence-electron chi connectivity index (χ4n) is 2.87. The molecule has 1 heterocycles. The molecule has 1 N–H and O–H groups in total. The van der Waals surface area contributed by atoms with Crippen LogP contribution in [0.15, 0.2) is 47.6 Å². The van der Waals surface area contributed by atoms with Gasteiger partial charge in [0.2, 0.25) is 5.91 Å². The van der Waals surface area contributed by atoms with Crippen LogP contribution in [-0.4, -0.2) is 26.4 Å². The van der Waals surface area contributed by atoms with Gasteiger partial charge in [-0.3, -0.25) is 4.79 Å². The van der Waals surface area contributed by atoms with E-state index in [4.69, 9.17) is 16.3 Å². The predicted molar refractivity (Wildman–Crippen MR) is 117 cm³/mol. The standard InChI is InChI=1S/C21H20ClF3N4O2S/c1-12-5-4-6-15(9-12)31-13(2)19-27-28-20(29(19)3)32-11-18(30)26-17-10-14(21(23,24)25)7-8-16(17)22/h4-10,13H,11H2,1-3H3,(H,26,30). The fraction of sp³-hybridized carbons (Fsp3) is 0.286. The second-order valence-corrected chi connectivity index (χ2v) is 8.36. The molecule has 1 aromatic heterocycles. The Morgan fingerprint density at radius 2 is 2.00 bits per heavy atom. The quantitative estimate of drug-likeness (QED) is 0.438. The third-order valence-corrected chi connectivity index (χ3v) is 5.78. The number of nitrogens with zero attached hydrogens (tertiary/aromatic N) is 3. The van der Waals surface area contributed by atoms with Crippen LogP contribution >= 0.6 is 23.4 Å². The van der Waals surface area contributed by atoms with Gasteiger partial charge in [0.1, 0.15) is 5.75 Å². The summed E-state index contributed by atoms with van der Waals surface area (Å²) in [5, 5.41) is 11.1. The van der Waals surface area contributed by atoms with Crippen molar-refractivity contribution in [2.24, 2.45) is 7.05 Å². The zero-order chi connectivity index (χ0) is 23.5. The number of benzene rings is 2. The van der Waals surface area contributed by atoms with Gasteiger partial charge in [0.15, 0.2) is 17.1 Å². The molecule has 0 bridgehead atoms. The van der Waals surface area contributed by atoms with Gasteiger partial charge in [-0.15, -0.1) is 10.2 Å². The lowest BCUT2D eigenvalue weighted by Gasteiger charge is -2.14. The molecular formula is C21H20ClF3N4O2S. The Labute approximate surface area is 192 Å². The van der Waals surface area contributed by atoms with Gasteiger partial charge in [-0.2, -0.15) is 13.2 Å². The minimum atomic E-state index is -4.54. The molecular weight excluding hydrogens is 465 g/mol. The zero-order valence-electron chi connectivity index (χ0n) is 17.4. The molecule has 170 valence electrons. The van der Waals surface area contributed by atoms with Crippen molar-refractivity contribution in [3.8, 4) is 5.75 Å². The summed E-state index contributed by atoms with van der Waals surface area (Å²) in [5.74, 6) is 0.651. The molecule has 3 aromatic rings. The monoisotopic (exact) mass is 484 g/mol. The van der Waals surface area contributed by atoms with Crippen LogP contribution in [0.2, 0.25) is 5.02 Å². The van der Waals surface area contributed by atoms with Gasteiger partial charge in [0, 0.05) is 7.05 Å². The van der Waals surface area contributed by atoms with Crippen LogP contribution in [-0.2, 0) is 18.0 Å². The van der Waals surface area contributed by atoms with Crippen molar-refractivity contribution >= 4 is 35.0 Å². The molecule has 1 amide bonds. The van der Waals surface area contributed by atoms with E-state index >= 15 is 0 Å². The van der Waals surface area contributed by atoms with Gasteiger partial charge < -0.3 is 14.6 Å². The molecule has 0 saturated heterocycles. The lowest BCUT2D eigenvalue weighted by molar-refractivity contribution is -0.137. The molecule has 11 heteroatoms. The fourth-order valence-corrected chi connectivity index (χ4v) is 3.75. The molecule has 3 rings (SSSR count). The summed E-state index contributed by atoms with van der Waals surface area (Å²) in [6, 6.07) is 10.4. The van der Waals surface area contributed by atoms with Gasteiger partial charge >= 0.3 is 6.18 Å². The molecule has 1 unspecified atom stereocenters. The maximum absolute atomic E-state index is 12.9. The lowest BCUT2D eigenvalue weighted by atomic mass is 10.2. The van der Waals surface area contributed by atoms with E-state index in [1.54, 1.807) is 11.6 Å². The molecule has 0 aliphatic rings. The molecule has 2 aromatic carbocycles.